The summed E-state index contributed by atoms with van der Waals surface area (Å²) in [4.78, 5) is 16.3. The molecule has 0 bridgehead atoms. The lowest BCUT2D eigenvalue weighted by Gasteiger charge is -2.16. The molecular weight excluding hydrogens is 256 g/mol. The predicted octanol–water partition coefficient (Wildman–Crippen LogP) is 1.29. The van der Waals surface area contributed by atoms with Crippen molar-refractivity contribution in [2.24, 2.45) is 0 Å². The van der Waals surface area contributed by atoms with Gasteiger partial charge in [0.05, 0.1) is 13.4 Å². The molecular formula is C14H18N4O2. The maximum Gasteiger partial charge on any atom is 0.257 e. The predicted molar refractivity (Wildman–Crippen MR) is 76.6 cm³/mol. The molecule has 3 N–H and O–H groups in total. The number of nitrogens with zero attached hydrogens (tertiary/aromatic N) is 2. The third-order valence-electron chi connectivity index (χ3n) is 2.93. The highest BCUT2D eigenvalue weighted by atomic mass is 16.5. The van der Waals surface area contributed by atoms with Gasteiger partial charge in [0, 0.05) is 30.7 Å². The SMILES string of the molecule is COc1cccc(N)c1C(=O)NC(C)Cn1ccnc1. The maximum absolute atomic E-state index is 12.3. The molecule has 0 saturated heterocycles. The molecule has 106 valence electrons. The van der Waals surface area contributed by atoms with E-state index in [9.17, 15) is 4.79 Å². The lowest BCUT2D eigenvalue weighted by Crippen LogP contribution is -2.36. The van der Waals surface area contributed by atoms with Crippen LogP contribution in [0.1, 0.15) is 17.3 Å². The summed E-state index contributed by atoms with van der Waals surface area (Å²) < 4.78 is 7.08. The summed E-state index contributed by atoms with van der Waals surface area (Å²) in [5.74, 6) is 0.227. The van der Waals surface area contributed by atoms with Gasteiger partial charge < -0.3 is 20.4 Å². The second-order valence-electron chi connectivity index (χ2n) is 4.56. The fourth-order valence-electron chi connectivity index (χ4n) is 2.01. The van der Waals surface area contributed by atoms with E-state index < -0.39 is 0 Å². The van der Waals surface area contributed by atoms with E-state index in [0.717, 1.165) is 0 Å². The minimum atomic E-state index is -0.243. The first-order valence-corrected chi connectivity index (χ1v) is 6.31. The minimum absolute atomic E-state index is 0.0546. The van der Waals surface area contributed by atoms with Gasteiger partial charge in [0.2, 0.25) is 0 Å². The van der Waals surface area contributed by atoms with Gasteiger partial charge in [0.1, 0.15) is 11.3 Å². The van der Waals surface area contributed by atoms with Gasteiger partial charge in [-0.05, 0) is 19.1 Å². The van der Waals surface area contributed by atoms with Crippen molar-refractivity contribution < 1.29 is 9.53 Å². The zero-order valence-corrected chi connectivity index (χ0v) is 11.5. The highest BCUT2D eigenvalue weighted by Crippen LogP contribution is 2.23. The molecule has 2 rings (SSSR count). The molecule has 6 nitrogen and oxygen atoms in total. The highest BCUT2D eigenvalue weighted by Gasteiger charge is 2.17. The average Bonchev–Trinajstić information content (AvgIpc) is 2.90. The Morgan fingerprint density at radius 2 is 2.35 bits per heavy atom. The number of amides is 1. The standard InChI is InChI=1S/C14H18N4O2/c1-10(8-18-7-6-16-9-18)17-14(19)13-11(15)4-3-5-12(13)20-2/h3-7,9-10H,8,15H2,1-2H3,(H,17,19). The van der Waals surface area contributed by atoms with Crippen LogP contribution < -0.4 is 15.8 Å². The first-order valence-electron chi connectivity index (χ1n) is 6.31. The van der Waals surface area contributed by atoms with Crippen LogP contribution in [0.5, 0.6) is 5.75 Å². The number of nitrogens with two attached hydrogens (primary N) is 1. The van der Waals surface area contributed by atoms with E-state index in [1.54, 1.807) is 30.7 Å². The number of methoxy groups -OCH3 is 1. The third kappa shape index (κ3) is 3.09. The van der Waals surface area contributed by atoms with E-state index in [2.05, 4.69) is 10.3 Å². The van der Waals surface area contributed by atoms with Crippen molar-refractivity contribution in [3.05, 3.63) is 42.5 Å². The van der Waals surface area contributed by atoms with Crippen LogP contribution in [0.15, 0.2) is 36.9 Å². The van der Waals surface area contributed by atoms with Crippen LogP contribution in [0.4, 0.5) is 5.69 Å². The van der Waals surface area contributed by atoms with E-state index >= 15 is 0 Å². The molecule has 0 fully saturated rings. The Kier molecular flexibility index (Phi) is 4.24. The lowest BCUT2D eigenvalue weighted by molar-refractivity contribution is 0.0934. The van der Waals surface area contributed by atoms with E-state index in [4.69, 9.17) is 10.5 Å². The zero-order chi connectivity index (χ0) is 14.5. The lowest BCUT2D eigenvalue weighted by atomic mass is 10.1. The number of anilines is 1. The second kappa shape index (κ2) is 6.10. The topological polar surface area (TPSA) is 82.2 Å². The molecule has 0 aliphatic heterocycles. The summed E-state index contributed by atoms with van der Waals surface area (Å²) in [6, 6.07) is 5.09. The Morgan fingerprint density at radius 3 is 3.00 bits per heavy atom. The number of carbonyl (C=O) groups is 1. The molecule has 1 unspecified atom stereocenters. The van der Waals surface area contributed by atoms with Gasteiger partial charge in [-0.15, -0.1) is 0 Å². The molecule has 0 aliphatic rings. The fraction of sp³-hybridized carbons (Fsp3) is 0.286. The Bertz CT molecular complexity index is 581. The van der Waals surface area contributed by atoms with Crippen LogP contribution in [-0.4, -0.2) is 28.6 Å². The molecule has 20 heavy (non-hydrogen) atoms. The summed E-state index contributed by atoms with van der Waals surface area (Å²) in [5, 5.41) is 2.90. The van der Waals surface area contributed by atoms with Gasteiger partial charge in [-0.2, -0.15) is 0 Å². The molecule has 0 radical (unpaired) electrons. The first kappa shape index (κ1) is 13.9. The zero-order valence-electron chi connectivity index (χ0n) is 11.5. The minimum Gasteiger partial charge on any atom is -0.496 e. The average molecular weight is 274 g/mol. The van der Waals surface area contributed by atoms with Crippen LogP contribution in [-0.2, 0) is 6.54 Å². The van der Waals surface area contributed by atoms with Crippen molar-refractivity contribution in [2.75, 3.05) is 12.8 Å². The van der Waals surface area contributed by atoms with Gasteiger partial charge in [-0.25, -0.2) is 4.98 Å². The highest BCUT2D eigenvalue weighted by molar-refractivity contribution is 6.02. The fourth-order valence-corrected chi connectivity index (χ4v) is 2.01. The van der Waals surface area contributed by atoms with Gasteiger partial charge in [-0.1, -0.05) is 6.07 Å². The number of nitrogens with one attached hydrogen (secondary N) is 1. The number of rotatable bonds is 5. The van der Waals surface area contributed by atoms with Crippen LogP contribution in [0.3, 0.4) is 0 Å². The van der Waals surface area contributed by atoms with E-state index in [0.29, 0.717) is 23.5 Å². The quantitative estimate of drug-likeness (QED) is 0.805. The van der Waals surface area contributed by atoms with Crippen molar-refractivity contribution in [2.45, 2.75) is 19.5 Å². The molecule has 1 aromatic heterocycles. The number of imidazole rings is 1. The summed E-state index contributed by atoms with van der Waals surface area (Å²) >= 11 is 0. The van der Waals surface area contributed by atoms with Crippen molar-refractivity contribution in [3.8, 4) is 5.75 Å². The number of benzene rings is 1. The smallest absolute Gasteiger partial charge is 0.257 e. The summed E-state index contributed by atoms with van der Waals surface area (Å²) in [6.07, 6.45) is 5.26. The molecule has 6 heteroatoms. The normalized spacial score (nSPS) is 11.9. The second-order valence-corrected chi connectivity index (χ2v) is 4.56. The van der Waals surface area contributed by atoms with Crippen LogP contribution >= 0.6 is 0 Å². The van der Waals surface area contributed by atoms with Gasteiger partial charge >= 0.3 is 0 Å². The van der Waals surface area contributed by atoms with Crippen molar-refractivity contribution >= 4 is 11.6 Å². The number of ether oxygens (including phenoxy) is 1. The van der Waals surface area contributed by atoms with Crippen LogP contribution in [0.2, 0.25) is 0 Å². The molecule has 0 saturated carbocycles. The van der Waals surface area contributed by atoms with Crippen molar-refractivity contribution in [1.82, 2.24) is 14.9 Å². The Morgan fingerprint density at radius 1 is 1.55 bits per heavy atom. The van der Waals surface area contributed by atoms with E-state index in [1.807, 2.05) is 17.7 Å². The summed E-state index contributed by atoms with van der Waals surface area (Å²) in [7, 11) is 1.51. The Labute approximate surface area is 117 Å². The Balaban J connectivity index is 2.08. The summed E-state index contributed by atoms with van der Waals surface area (Å²) in [6.45, 7) is 2.56. The third-order valence-corrected chi connectivity index (χ3v) is 2.93. The summed E-state index contributed by atoms with van der Waals surface area (Å²) in [5.41, 5.74) is 6.62. The molecule has 1 amide bonds. The monoisotopic (exact) mass is 274 g/mol. The number of hydrogen-bond acceptors (Lipinski definition) is 4. The molecule has 0 aliphatic carbocycles. The van der Waals surface area contributed by atoms with Crippen molar-refractivity contribution in [3.63, 3.8) is 0 Å². The molecule has 1 heterocycles. The molecule has 0 spiro atoms. The molecule has 1 aromatic carbocycles. The number of nitrogen functional groups attached to an aromatic ring is 1. The van der Waals surface area contributed by atoms with Gasteiger partial charge in [0.25, 0.3) is 5.91 Å². The number of hydrogen-bond donors (Lipinski definition) is 2. The number of aromatic nitrogens is 2. The van der Waals surface area contributed by atoms with Gasteiger partial charge in [0.15, 0.2) is 0 Å². The maximum atomic E-state index is 12.3. The molecule has 1 atom stereocenters. The first-order chi connectivity index (χ1) is 9.61. The molecule has 2 aromatic rings. The van der Waals surface area contributed by atoms with Gasteiger partial charge in [-0.3, -0.25) is 4.79 Å². The van der Waals surface area contributed by atoms with E-state index in [1.165, 1.54) is 7.11 Å². The number of carbonyl (C=O) groups excluding carboxylic acids is 1. The largest absolute Gasteiger partial charge is 0.496 e. The Hall–Kier alpha value is -2.50. The van der Waals surface area contributed by atoms with Crippen LogP contribution in [0.25, 0.3) is 0 Å². The van der Waals surface area contributed by atoms with Crippen LogP contribution in [0, 0.1) is 0 Å². The van der Waals surface area contributed by atoms with E-state index in [-0.39, 0.29) is 11.9 Å². The van der Waals surface area contributed by atoms with Crippen molar-refractivity contribution in [1.29, 1.82) is 0 Å².